The molecule has 0 fully saturated rings. The molecule has 0 saturated heterocycles. The zero-order valence-corrected chi connectivity index (χ0v) is 12.1. The second kappa shape index (κ2) is 8.24. The molecular weight excluding hydrogens is 277 g/mol. The molecule has 1 aromatic rings. The standard InChI is InChI=1S/C15H20FNO4/c1-10(2)9-12(15(19)20)17-14(18)7-8-21-13-6-4-3-5-11(13)16/h3-6,10,12H,7-9H2,1-2H3,(H,17,18)(H,19,20). The molecule has 0 saturated carbocycles. The van der Waals surface area contributed by atoms with E-state index >= 15 is 0 Å². The van der Waals surface area contributed by atoms with E-state index in [0.29, 0.717) is 6.42 Å². The number of carboxylic acids is 1. The van der Waals surface area contributed by atoms with Crippen molar-refractivity contribution >= 4 is 11.9 Å². The number of aliphatic carboxylic acids is 1. The molecule has 2 N–H and O–H groups in total. The normalized spacial score (nSPS) is 12.0. The molecule has 0 heterocycles. The highest BCUT2D eigenvalue weighted by Crippen LogP contribution is 2.15. The maximum absolute atomic E-state index is 13.3. The van der Waals surface area contributed by atoms with Gasteiger partial charge in [0.25, 0.3) is 0 Å². The number of nitrogens with one attached hydrogen (secondary N) is 1. The lowest BCUT2D eigenvalue weighted by atomic mass is 10.0. The maximum Gasteiger partial charge on any atom is 0.326 e. The molecule has 0 radical (unpaired) electrons. The predicted molar refractivity (Wildman–Crippen MR) is 75.5 cm³/mol. The van der Waals surface area contributed by atoms with Gasteiger partial charge in [-0.1, -0.05) is 26.0 Å². The Labute approximate surface area is 123 Å². The summed E-state index contributed by atoms with van der Waals surface area (Å²) in [4.78, 5) is 22.7. The Hall–Kier alpha value is -2.11. The number of carbonyl (C=O) groups is 2. The first-order valence-electron chi connectivity index (χ1n) is 6.79. The minimum absolute atomic E-state index is 0.0131. The average Bonchev–Trinajstić information content (AvgIpc) is 2.39. The quantitative estimate of drug-likeness (QED) is 0.771. The van der Waals surface area contributed by atoms with E-state index in [9.17, 15) is 14.0 Å². The minimum atomic E-state index is -1.06. The zero-order chi connectivity index (χ0) is 15.8. The SMILES string of the molecule is CC(C)CC(NC(=O)CCOc1ccccc1F)C(=O)O. The molecule has 0 spiro atoms. The Balaban J connectivity index is 2.39. The molecule has 116 valence electrons. The molecule has 1 atom stereocenters. The van der Waals surface area contributed by atoms with Gasteiger partial charge in [0.05, 0.1) is 13.0 Å². The van der Waals surface area contributed by atoms with Crippen LogP contribution >= 0.6 is 0 Å². The van der Waals surface area contributed by atoms with Crippen LogP contribution < -0.4 is 10.1 Å². The van der Waals surface area contributed by atoms with Crippen LogP contribution in [0.3, 0.4) is 0 Å². The molecule has 1 unspecified atom stereocenters. The van der Waals surface area contributed by atoms with Crippen LogP contribution in [0.25, 0.3) is 0 Å². The van der Waals surface area contributed by atoms with Gasteiger partial charge in [-0.3, -0.25) is 4.79 Å². The van der Waals surface area contributed by atoms with Gasteiger partial charge in [-0.2, -0.15) is 0 Å². The summed E-state index contributed by atoms with van der Waals surface area (Å²) in [6.07, 6.45) is 0.325. The molecule has 6 heteroatoms. The van der Waals surface area contributed by atoms with Crippen LogP contribution in [-0.2, 0) is 9.59 Å². The molecular formula is C15H20FNO4. The fourth-order valence-corrected chi connectivity index (χ4v) is 1.77. The number of para-hydroxylation sites is 1. The Morgan fingerprint density at radius 2 is 2.00 bits per heavy atom. The number of halogens is 1. The lowest BCUT2D eigenvalue weighted by molar-refractivity contribution is -0.142. The smallest absolute Gasteiger partial charge is 0.326 e. The molecule has 0 aliphatic heterocycles. The van der Waals surface area contributed by atoms with Crippen molar-refractivity contribution in [3.8, 4) is 5.75 Å². The van der Waals surface area contributed by atoms with Crippen LogP contribution in [0.5, 0.6) is 5.75 Å². The van der Waals surface area contributed by atoms with E-state index in [-0.39, 0.29) is 24.7 Å². The van der Waals surface area contributed by atoms with Gasteiger partial charge in [-0.25, -0.2) is 9.18 Å². The first-order chi connectivity index (χ1) is 9.90. The fraction of sp³-hybridized carbons (Fsp3) is 0.467. The number of hydrogen-bond donors (Lipinski definition) is 2. The maximum atomic E-state index is 13.3. The molecule has 1 amide bonds. The number of carbonyl (C=O) groups excluding carboxylic acids is 1. The summed E-state index contributed by atoms with van der Waals surface area (Å²) in [5, 5.41) is 11.5. The number of ether oxygens (including phenoxy) is 1. The first kappa shape index (κ1) is 16.9. The third-order valence-electron chi connectivity index (χ3n) is 2.76. The summed E-state index contributed by atoms with van der Waals surface area (Å²) in [6, 6.07) is 4.98. The largest absolute Gasteiger partial charge is 0.490 e. The lowest BCUT2D eigenvalue weighted by Crippen LogP contribution is -2.42. The number of amides is 1. The number of rotatable bonds is 8. The third-order valence-corrected chi connectivity index (χ3v) is 2.76. The van der Waals surface area contributed by atoms with Crippen molar-refractivity contribution in [3.63, 3.8) is 0 Å². The highest BCUT2D eigenvalue weighted by atomic mass is 19.1. The predicted octanol–water partition coefficient (Wildman–Crippen LogP) is 2.21. The Morgan fingerprint density at radius 1 is 1.33 bits per heavy atom. The van der Waals surface area contributed by atoms with Gasteiger partial charge in [0, 0.05) is 0 Å². The van der Waals surface area contributed by atoms with Crippen LogP contribution in [0.4, 0.5) is 4.39 Å². The number of hydrogen-bond acceptors (Lipinski definition) is 3. The second-order valence-corrected chi connectivity index (χ2v) is 5.12. The van der Waals surface area contributed by atoms with Crippen molar-refractivity contribution in [1.29, 1.82) is 0 Å². The highest BCUT2D eigenvalue weighted by Gasteiger charge is 2.20. The molecule has 0 aliphatic carbocycles. The van der Waals surface area contributed by atoms with Crippen molar-refractivity contribution in [2.75, 3.05) is 6.61 Å². The summed E-state index contributed by atoms with van der Waals surface area (Å²) in [5.74, 6) is -1.77. The molecule has 0 aliphatic rings. The van der Waals surface area contributed by atoms with E-state index in [1.165, 1.54) is 18.2 Å². The average molecular weight is 297 g/mol. The molecule has 21 heavy (non-hydrogen) atoms. The van der Waals surface area contributed by atoms with Crippen molar-refractivity contribution < 1.29 is 23.8 Å². The van der Waals surface area contributed by atoms with Gasteiger partial charge < -0.3 is 15.2 Å². The minimum Gasteiger partial charge on any atom is -0.490 e. The topological polar surface area (TPSA) is 75.6 Å². The van der Waals surface area contributed by atoms with E-state index in [2.05, 4.69) is 5.32 Å². The Morgan fingerprint density at radius 3 is 2.57 bits per heavy atom. The molecule has 5 nitrogen and oxygen atoms in total. The summed E-state index contributed by atoms with van der Waals surface area (Å²) in [5.41, 5.74) is 0. The van der Waals surface area contributed by atoms with Crippen LogP contribution in [0.15, 0.2) is 24.3 Å². The van der Waals surface area contributed by atoms with Crippen LogP contribution in [0.1, 0.15) is 26.7 Å². The first-order valence-corrected chi connectivity index (χ1v) is 6.79. The third kappa shape index (κ3) is 6.25. The summed E-state index contributed by atoms with van der Waals surface area (Å²) < 4.78 is 18.4. The summed E-state index contributed by atoms with van der Waals surface area (Å²) in [7, 11) is 0. The van der Waals surface area contributed by atoms with Crippen molar-refractivity contribution in [3.05, 3.63) is 30.1 Å². The Kier molecular flexibility index (Phi) is 6.65. The highest BCUT2D eigenvalue weighted by molar-refractivity contribution is 5.83. The van der Waals surface area contributed by atoms with E-state index in [1.807, 2.05) is 13.8 Å². The van der Waals surface area contributed by atoms with Gasteiger partial charge >= 0.3 is 5.97 Å². The molecule has 1 rings (SSSR count). The van der Waals surface area contributed by atoms with Gasteiger partial charge in [0.2, 0.25) is 5.91 Å². The summed E-state index contributed by atoms with van der Waals surface area (Å²) in [6.45, 7) is 3.74. The molecule has 0 aromatic heterocycles. The van der Waals surface area contributed by atoms with E-state index in [0.717, 1.165) is 0 Å². The van der Waals surface area contributed by atoms with E-state index in [1.54, 1.807) is 6.07 Å². The van der Waals surface area contributed by atoms with Gasteiger partial charge in [-0.05, 0) is 24.5 Å². The summed E-state index contributed by atoms with van der Waals surface area (Å²) >= 11 is 0. The van der Waals surface area contributed by atoms with Gasteiger partial charge in [0.1, 0.15) is 6.04 Å². The molecule has 0 bridgehead atoms. The lowest BCUT2D eigenvalue weighted by Gasteiger charge is -2.16. The van der Waals surface area contributed by atoms with Crippen molar-refractivity contribution in [2.45, 2.75) is 32.7 Å². The van der Waals surface area contributed by atoms with Crippen LogP contribution in [0, 0.1) is 11.7 Å². The second-order valence-electron chi connectivity index (χ2n) is 5.12. The van der Waals surface area contributed by atoms with Crippen molar-refractivity contribution in [2.24, 2.45) is 5.92 Å². The molecule has 1 aromatic carbocycles. The van der Waals surface area contributed by atoms with Gasteiger partial charge in [-0.15, -0.1) is 0 Å². The fourth-order valence-electron chi connectivity index (χ4n) is 1.77. The number of carboxylic acid groups (broad SMARTS) is 1. The van der Waals surface area contributed by atoms with E-state index < -0.39 is 23.7 Å². The van der Waals surface area contributed by atoms with Gasteiger partial charge in [0.15, 0.2) is 11.6 Å². The van der Waals surface area contributed by atoms with Crippen molar-refractivity contribution in [1.82, 2.24) is 5.32 Å². The number of benzene rings is 1. The zero-order valence-electron chi connectivity index (χ0n) is 12.1. The van der Waals surface area contributed by atoms with E-state index in [4.69, 9.17) is 9.84 Å². The Bertz CT molecular complexity index is 490. The van der Waals surface area contributed by atoms with Crippen LogP contribution in [0.2, 0.25) is 0 Å². The van der Waals surface area contributed by atoms with Crippen LogP contribution in [-0.4, -0.2) is 29.6 Å². The monoisotopic (exact) mass is 297 g/mol.